The third-order valence-electron chi connectivity index (χ3n) is 3.94. The number of rotatable bonds is 6. The maximum Gasteiger partial charge on any atom is 0.271 e. The maximum absolute atomic E-state index is 12.1. The molecule has 0 bridgehead atoms. The van der Waals surface area contributed by atoms with Crippen molar-refractivity contribution in [3.05, 3.63) is 97.5 Å². The van der Waals surface area contributed by atoms with Gasteiger partial charge in [0.15, 0.2) is 0 Å². The van der Waals surface area contributed by atoms with Crippen LogP contribution in [0.3, 0.4) is 0 Å². The molecule has 0 aromatic heterocycles. The summed E-state index contributed by atoms with van der Waals surface area (Å²) in [5.74, 6) is 0.0898. The first-order chi connectivity index (χ1) is 14.9. The van der Waals surface area contributed by atoms with Crippen LogP contribution in [0.15, 0.2) is 65.8 Å². The first-order valence-electron chi connectivity index (χ1n) is 8.62. The van der Waals surface area contributed by atoms with Gasteiger partial charge in [0, 0.05) is 17.7 Å². The van der Waals surface area contributed by atoms with Crippen molar-refractivity contribution in [1.29, 1.82) is 5.26 Å². The third-order valence-corrected chi connectivity index (χ3v) is 4.68. The molecule has 3 aromatic rings. The van der Waals surface area contributed by atoms with Crippen LogP contribution in [-0.4, -0.2) is 17.0 Å². The Morgan fingerprint density at radius 3 is 2.65 bits per heavy atom. The van der Waals surface area contributed by atoms with Gasteiger partial charge in [-0.2, -0.15) is 10.4 Å². The van der Waals surface area contributed by atoms with E-state index in [1.54, 1.807) is 24.3 Å². The van der Waals surface area contributed by atoms with Crippen LogP contribution in [0.25, 0.3) is 0 Å². The largest absolute Gasteiger partial charge is 0.456 e. The Hall–Kier alpha value is -3.93. The summed E-state index contributed by atoms with van der Waals surface area (Å²) in [6.45, 7) is 0. The molecule has 0 heterocycles. The molecule has 1 amide bonds. The molecular weight excluding hydrogens is 443 g/mol. The highest BCUT2D eigenvalue weighted by Crippen LogP contribution is 2.28. The summed E-state index contributed by atoms with van der Waals surface area (Å²) in [6, 6.07) is 16.8. The molecule has 0 aliphatic rings. The number of benzene rings is 3. The van der Waals surface area contributed by atoms with Gasteiger partial charge in [-0.15, -0.1) is 0 Å². The standard InChI is InChI=1S/C21H12Cl2N4O4/c22-18-6-4-14(10-19(18)23)21(28)26-25-12-13-2-1-3-17(8-13)31-20-7-5-16(27(29)30)9-15(20)11-24/h1-10,12H,(H,26,28). The van der Waals surface area contributed by atoms with Crippen LogP contribution in [0, 0.1) is 21.4 Å². The summed E-state index contributed by atoms with van der Waals surface area (Å²) in [5.41, 5.74) is 3.10. The predicted octanol–water partition coefficient (Wildman–Crippen LogP) is 5.33. The number of carbonyl (C=O) groups excluding carboxylic acids is 1. The summed E-state index contributed by atoms with van der Waals surface area (Å²) >= 11 is 11.7. The van der Waals surface area contributed by atoms with Gasteiger partial charge in [0.2, 0.25) is 0 Å². The number of hydrogen-bond donors (Lipinski definition) is 1. The second-order valence-corrected chi connectivity index (χ2v) is 6.87. The molecule has 0 saturated heterocycles. The van der Waals surface area contributed by atoms with Gasteiger partial charge in [-0.05, 0) is 42.0 Å². The Labute approximate surface area is 186 Å². The van der Waals surface area contributed by atoms with Gasteiger partial charge in [-0.25, -0.2) is 5.43 Å². The molecule has 8 nitrogen and oxygen atoms in total. The molecule has 0 aliphatic heterocycles. The fourth-order valence-corrected chi connectivity index (χ4v) is 2.76. The number of nitro benzene ring substituents is 1. The first-order valence-corrected chi connectivity index (χ1v) is 9.38. The molecule has 31 heavy (non-hydrogen) atoms. The Balaban J connectivity index is 1.70. The maximum atomic E-state index is 12.1. The van der Waals surface area contributed by atoms with E-state index in [2.05, 4.69) is 10.5 Å². The van der Waals surface area contributed by atoms with Gasteiger partial charge in [-0.1, -0.05) is 35.3 Å². The third kappa shape index (κ3) is 5.57. The number of hydrazone groups is 1. The number of hydrogen-bond acceptors (Lipinski definition) is 6. The minimum atomic E-state index is -0.589. The zero-order valence-corrected chi connectivity index (χ0v) is 17.1. The number of nitrogens with zero attached hydrogens (tertiary/aromatic N) is 3. The van der Waals surface area contributed by atoms with Gasteiger partial charge in [-0.3, -0.25) is 14.9 Å². The van der Waals surface area contributed by atoms with E-state index in [1.807, 2.05) is 6.07 Å². The number of nitro groups is 1. The minimum Gasteiger partial charge on any atom is -0.456 e. The first kappa shape index (κ1) is 21.8. The molecule has 0 spiro atoms. The number of amides is 1. The Morgan fingerprint density at radius 1 is 1.13 bits per heavy atom. The summed E-state index contributed by atoms with van der Waals surface area (Å²) in [6.07, 6.45) is 1.41. The van der Waals surface area contributed by atoms with E-state index in [9.17, 15) is 20.2 Å². The molecular formula is C21H12Cl2N4O4. The van der Waals surface area contributed by atoms with Gasteiger partial charge in [0.25, 0.3) is 11.6 Å². The highest BCUT2D eigenvalue weighted by Gasteiger charge is 2.12. The fourth-order valence-electron chi connectivity index (χ4n) is 2.46. The lowest BCUT2D eigenvalue weighted by Gasteiger charge is -2.08. The molecule has 0 fully saturated rings. The van der Waals surface area contributed by atoms with Gasteiger partial charge < -0.3 is 4.74 Å². The average molecular weight is 455 g/mol. The molecule has 10 heteroatoms. The van der Waals surface area contributed by atoms with Crippen molar-refractivity contribution in [3.63, 3.8) is 0 Å². The van der Waals surface area contributed by atoms with E-state index in [4.69, 9.17) is 27.9 Å². The van der Waals surface area contributed by atoms with E-state index >= 15 is 0 Å². The highest BCUT2D eigenvalue weighted by atomic mass is 35.5. The molecule has 154 valence electrons. The van der Waals surface area contributed by atoms with E-state index in [1.165, 1.54) is 36.5 Å². The molecule has 1 N–H and O–H groups in total. The number of non-ortho nitro benzene ring substituents is 1. The molecule has 0 aliphatic carbocycles. The van der Waals surface area contributed by atoms with Gasteiger partial charge in [0.1, 0.15) is 23.1 Å². The lowest BCUT2D eigenvalue weighted by molar-refractivity contribution is -0.384. The Bertz CT molecular complexity index is 1240. The monoisotopic (exact) mass is 454 g/mol. The minimum absolute atomic E-state index is 0.0298. The van der Waals surface area contributed by atoms with Crippen molar-refractivity contribution in [2.24, 2.45) is 5.10 Å². The van der Waals surface area contributed by atoms with Crippen LogP contribution >= 0.6 is 23.2 Å². The van der Waals surface area contributed by atoms with Crippen LogP contribution in [0.1, 0.15) is 21.5 Å². The quantitative estimate of drug-likeness (QED) is 0.306. The molecule has 0 unspecified atom stereocenters. The summed E-state index contributed by atoms with van der Waals surface area (Å²) in [5, 5.41) is 24.6. The number of carbonyl (C=O) groups is 1. The smallest absolute Gasteiger partial charge is 0.271 e. The number of ether oxygens (including phenoxy) is 1. The van der Waals surface area contributed by atoms with E-state index < -0.39 is 10.8 Å². The van der Waals surface area contributed by atoms with E-state index in [-0.39, 0.29) is 22.0 Å². The molecule has 0 atom stereocenters. The molecule has 3 aromatic carbocycles. The molecule has 3 rings (SSSR count). The van der Waals surface area contributed by atoms with Crippen molar-refractivity contribution < 1.29 is 14.5 Å². The van der Waals surface area contributed by atoms with Crippen molar-refractivity contribution >= 4 is 41.0 Å². The molecule has 0 saturated carbocycles. The predicted molar refractivity (Wildman–Crippen MR) is 116 cm³/mol. The van der Waals surface area contributed by atoms with Crippen LogP contribution in [0.2, 0.25) is 10.0 Å². The van der Waals surface area contributed by atoms with Gasteiger partial charge in [0.05, 0.1) is 21.2 Å². The summed E-state index contributed by atoms with van der Waals surface area (Å²) in [7, 11) is 0. The van der Waals surface area contributed by atoms with E-state index in [0.717, 1.165) is 6.07 Å². The van der Waals surface area contributed by atoms with Crippen LogP contribution < -0.4 is 10.2 Å². The van der Waals surface area contributed by atoms with Crippen molar-refractivity contribution in [2.75, 3.05) is 0 Å². The number of nitriles is 1. The Morgan fingerprint density at radius 2 is 1.94 bits per heavy atom. The average Bonchev–Trinajstić information content (AvgIpc) is 2.76. The normalized spacial score (nSPS) is 10.5. The SMILES string of the molecule is N#Cc1cc([N+](=O)[O-])ccc1Oc1cccc(C=NNC(=O)c2ccc(Cl)c(Cl)c2)c1. The highest BCUT2D eigenvalue weighted by molar-refractivity contribution is 6.42. The van der Waals surface area contributed by atoms with Crippen LogP contribution in [0.4, 0.5) is 5.69 Å². The van der Waals surface area contributed by atoms with Crippen molar-refractivity contribution in [1.82, 2.24) is 5.43 Å². The topological polar surface area (TPSA) is 118 Å². The zero-order chi connectivity index (χ0) is 22.4. The summed E-state index contributed by atoms with van der Waals surface area (Å²) < 4.78 is 5.68. The van der Waals surface area contributed by atoms with Crippen LogP contribution in [0.5, 0.6) is 11.5 Å². The zero-order valence-electron chi connectivity index (χ0n) is 15.6. The van der Waals surface area contributed by atoms with Crippen molar-refractivity contribution in [2.45, 2.75) is 0 Å². The second kappa shape index (κ2) is 9.71. The lowest BCUT2D eigenvalue weighted by Crippen LogP contribution is -2.17. The fraction of sp³-hybridized carbons (Fsp3) is 0. The number of nitrogens with one attached hydrogen (secondary N) is 1. The van der Waals surface area contributed by atoms with Crippen LogP contribution in [-0.2, 0) is 0 Å². The Kier molecular flexibility index (Phi) is 6.82. The molecule has 0 radical (unpaired) electrons. The number of halogens is 2. The van der Waals surface area contributed by atoms with Crippen molar-refractivity contribution in [3.8, 4) is 17.6 Å². The second-order valence-electron chi connectivity index (χ2n) is 6.05. The van der Waals surface area contributed by atoms with E-state index in [0.29, 0.717) is 21.9 Å². The lowest BCUT2D eigenvalue weighted by atomic mass is 10.2. The van der Waals surface area contributed by atoms with Gasteiger partial charge >= 0.3 is 0 Å². The summed E-state index contributed by atoms with van der Waals surface area (Å²) in [4.78, 5) is 22.4.